The van der Waals surface area contributed by atoms with Crippen molar-refractivity contribution in [3.05, 3.63) is 35.9 Å². The molecule has 5 nitrogen and oxygen atoms in total. The number of benzene rings is 1. The van der Waals surface area contributed by atoms with E-state index in [4.69, 9.17) is 9.47 Å². The van der Waals surface area contributed by atoms with Crippen LogP contribution in [0.4, 0.5) is 0 Å². The Morgan fingerprint density at radius 2 is 2.16 bits per heavy atom. The van der Waals surface area contributed by atoms with E-state index in [1.54, 1.807) is 6.07 Å². The van der Waals surface area contributed by atoms with E-state index in [0.717, 1.165) is 44.3 Å². The van der Waals surface area contributed by atoms with Gasteiger partial charge in [0.05, 0.1) is 17.6 Å². The van der Waals surface area contributed by atoms with Crippen LogP contribution in [0.5, 0.6) is 11.5 Å². The fourth-order valence-electron chi connectivity index (χ4n) is 6.49. The number of piperidine rings is 1. The number of fused-ring (bicyclic) bond motifs is 1. The zero-order valence-electron chi connectivity index (χ0n) is 14.2. The number of aliphatic hydroxyl groups is 1. The standard InChI is InChI=1S/C20H23NO4/c1-2-8-21-9-7-19-15-12-3-4-13(22)16(15)25-17(19)18(11-24-18)5-6-20(19,23)14(21)10-12/h2-4,14,17,22-23H,1,5-11H2/t14-,17+,18+,19+,20-/m1/s1. The van der Waals surface area contributed by atoms with Gasteiger partial charge in [0.1, 0.15) is 11.7 Å². The van der Waals surface area contributed by atoms with E-state index >= 15 is 0 Å². The third kappa shape index (κ3) is 1.41. The first-order valence-electron chi connectivity index (χ1n) is 9.29. The van der Waals surface area contributed by atoms with E-state index in [9.17, 15) is 10.2 Å². The number of hydrogen-bond donors (Lipinski definition) is 2. The first-order valence-corrected chi connectivity index (χ1v) is 9.29. The minimum Gasteiger partial charge on any atom is -0.504 e. The maximum absolute atomic E-state index is 12.1. The summed E-state index contributed by atoms with van der Waals surface area (Å²) in [6.07, 6.45) is 4.88. The minimum atomic E-state index is -0.845. The highest BCUT2D eigenvalue weighted by atomic mass is 16.6. The van der Waals surface area contributed by atoms with Crippen LogP contribution in [0.2, 0.25) is 0 Å². The molecule has 2 N–H and O–H groups in total. The number of nitrogens with zero attached hydrogens (tertiary/aromatic N) is 1. The summed E-state index contributed by atoms with van der Waals surface area (Å²) in [6, 6.07) is 3.81. The van der Waals surface area contributed by atoms with Gasteiger partial charge in [-0.2, -0.15) is 0 Å². The Balaban J connectivity index is 1.63. The van der Waals surface area contributed by atoms with Crippen LogP contribution >= 0.6 is 0 Å². The first-order chi connectivity index (χ1) is 12.1. The lowest BCUT2D eigenvalue weighted by molar-refractivity contribution is -0.198. The lowest BCUT2D eigenvalue weighted by atomic mass is 9.47. The van der Waals surface area contributed by atoms with Gasteiger partial charge in [-0.25, -0.2) is 0 Å². The Bertz CT molecular complexity index is 803. The molecule has 1 saturated carbocycles. The molecule has 2 spiro atoms. The van der Waals surface area contributed by atoms with Crippen LogP contribution in [0.3, 0.4) is 0 Å². The number of ether oxygens (including phenoxy) is 2. The predicted molar refractivity (Wildman–Crippen MR) is 90.9 cm³/mol. The summed E-state index contributed by atoms with van der Waals surface area (Å²) < 4.78 is 12.3. The van der Waals surface area contributed by atoms with Gasteiger partial charge in [-0.15, -0.1) is 6.58 Å². The quantitative estimate of drug-likeness (QED) is 0.630. The molecule has 3 aliphatic heterocycles. The van der Waals surface area contributed by atoms with Crippen LogP contribution < -0.4 is 4.74 Å². The second kappa shape index (κ2) is 4.22. The second-order valence-corrected chi connectivity index (χ2v) is 8.45. The van der Waals surface area contributed by atoms with Crippen molar-refractivity contribution in [3.63, 3.8) is 0 Å². The topological polar surface area (TPSA) is 65.5 Å². The fraction of sp³-hybridized carbons (Fsp3) is 0.600. The Morgan fingerprint density at radius 1 is 1.32 bits per heavy atom. The summed E-state index contributed by atoms with van der Waals surface area (Å²) in [5.41, 5.74) is 0.672. The Kier molecular flexibility index (Phi) is 2.46. The maximum atomic E-state index is 12.1. The third-order valence-electron chi connectivity index (χ3n) is 7.61. The first kappa shape index (κ1) is 14.6. The van der Waals surface area contributed by atoms with E-state index in [0.29, 0.717) is 12.4 Å². The third-order valence-corrected chi connectivity index (χ3v) is 7.61. The number of hydrogen-bond acceptors (Lipinski definition) is 5. The molecular weight excluding hydrogens is 318 g/mol. The summed E-state index contributed by atoms with van der Waals surface area (Å²) >= 11 is 0. The largest absolute Gasteiger partial charge is 0.504 e. The molecule has 25 heavy (non-hydrogen) atoms. The van der Waals surface area contributed by atoms with Crippen LogP contribution in [0.1, 0.15) is 30.4 Å². The normalized spacial score (nSPS) is 45.8. The van der Waals surface area contributed by atoms with E-state index in [1.165, 1.54) is 5.56 Å². The lowest BCUT2D eigenvalue weighted by Crippen LogP contribution is -2.77. The monoisotopic (exact) mass is 341 g/mol. The van der Waals surface area contributed by atoms with Crippen molar-refractivity contribution in [2.24, 2.45) is 0 Å². The second-order valence-electron chi connectivity index (χ2n) is 8.45. The molecule has 2 saturated heterocycles. The number of phenolic OH excluding ortho intramolecular Hbond substituents is 1. The Hall–Kier alpha value is -1.56. The molecule has 5 aliphatic rings. The van der Waals surface area contributed by atoms with Crippen molar-refractivity contribution in [2.45, 2.75) is 54.4 Å². The molecule has 2 aliphatic carbocycles. The van der Waals surface area contributed by atoms with Gasteiger partial charge in [0, 0.05) is 18.2 Å². The van der Waals surface area contributed by atoms with Crippen molar-refractivity contribution in [2.75, 3.05) is 19.7 Å². The zero-order chi connectivity index (χ0) is 17.0. The molecule has 0 unspecified atom stereocenters. The number of aromatic hydroxyl groups is 1. The van der Waals surface area contributed by atoms with Gasteiger partial charge < -0.3 is 19.7 Å². The lowest BCUT2D eigenvalue weighted by Gasteiger charge is -2.63. The Morgan fingerprint density at radius 3 is 2.92 bits per heavy atom. The highest BCUT2D eigenvalue weighted by Gasteiger charge is 2.78. The minimum absolute atomic E-state index is 0.0597. The molecule has 6 rings (SSSR count). The van der Waals surface area contributed by atoms with Crippen molar-refractivity contribution < 1.29 is 19.7 Å². The van der Waals surface area contributed by atoms with Gasteiger partial charge in [0.25, 0.3) is 0 Å². The molecule has 1 aromatic rings. The van der Waals surface area contributed by atoms with Crippen LogP contribution in [-0.2, 0) is 16.6 Å². The molecule has 0 amide bonds. The smallest absolute Gasteiger partial charge is 0.165 e. The van der Waals surface area contributed by atoms with Gasteiger partial charge in [-0.3, -0.25) is 4.90 Å². The molecule has 5 heteroatoms. The highest BCUT2D eigenvalue weighted by Crippen LogP contribution is 2.69. The van der Waals surface area contributed by atoms with Crippen molar-refractivity contribution in [1.29, 1.82) is 0 Å². The number of epoxide rings is 1. The fourth-order valence-corrected chi connectivity index (χ4v) is 6.49. The molecule has 3 heterocycles. The highest BCUT2D eigenvalue weighted by molar-refractivity contribution is 5.63. The average Bonchev–Trinajstić information content (AvgIpc) is 3.27. The molecule has 5 atom stereocenters. The van der Waals surface area contributed by atoms with Gasteiger partial charge in [-0.05, 0) is 43.9 Å². The average molecular weight is 341 g/mol. The summed E-state index contributed by atoms with van der Waals surface area (Å²) in [5, 5.41) is 22.5. The van der Waals surface area contributed by atoms with E-state index in [-0.39, 0.29) is 23.5 Å². The van der Waals surface area contributed by atoms with E-state index < -0.39 is 11.0 Å². The van der Waals surface area contributed by atoms with Crippen LogP contribution in [0.25, 0.3) is 0 Å². The van der Waals surface area contributed by atoms with Crippen LogP contribution in [0.15, 0.2) is 24.8 Å². The van der Waals surface area contributed by atoms with Crippen molar-refractivity contribution in [3.8, 4) is 11.5 Å². The SMILES string of the molecule is C=CCN1CC[C@]23c4c5ccc(O)c4O[C@H]2[C@]2(CC[C@@]3(O)[C@H]1C5)CO2. The van der Waals surface area contributed by atoms with Gasteiger partial charge >= 0.3 is 0 Å². The van der Waals surface area contributed by atoms with Crippen LogP contribution in [-0.4, -0.2) is 58.2 Å². The van der Waals surface area contributed by atoms with Crippen molar-refractivity contribution >= 4 is 0 Å². The molecule has 0 aromatic heterocycles. The molecular formula is C20H23NO4. The molecule has 132 valence electrons. The van der Waals surface area contributed by atoms with Gasteiger partial charge in [0.15, 0.2) is 11.5 Å². The predicted octanol–water partition coefficient (Wildman–Crippen LogP) is 1.50. The van der Waals surface area contributed by atoms with E-state index in [1.807, 2.05) is 12.1 Å². The number of rotatable bonds is 2. The summed E-state index contributed by atoms with van der Waals surface area (Å²) in [6.45, 7) is 6.29. The van der Waals surface area contributed by atoms with Crippen molar-refractivity contribution in [1.82, 2.24) is 4.90 Å². The van der Waals surface area contributed by atoms with Gasteiger partial charge in [0.2, 0.25) is 0 Å². The van der Waals surface area contributed by atoms with E-state index in [2.05, 4.69) is 11.5 Å². The molecule has 2 bridgehead atoms. The number of likely N-dealkylation sites (tertiary alicyclic amines) is 1. The molecule has 0 radical (unpaired) electrons. The number of phenols is 1. The maximum Gasteiger partial charge on any atom is 0.165 e. The molecule has 1 aromatic carbocycles. The van der Waals surface area contributed by atoms with Gasteiger partial charge in [-0.1, -0.05) is 12.1 Å². The zero-order valence-corrected chi connectivity index (χ0v) is 14.2. The summed E-state index contributed by atoms with van der Waals surface area (Å²) in [4.78, 5) is 2.37. The van der Waals surface area contributed by atoms with Crippen LogP contribution in [0, 0.1) is 0 Å². The summed E-state index contributed by atoms with van der Waals surface area (Å²) in [5.74, 6) is 0.779. The molecule has 3 fully saturated rings. The summed E-state index contributed by atoms with van der Waals surface area (Å²) in [7, 11) is 0. The Labute approximate surface area is 146 Å².